The predicted molar refractivity (Wildman–Crippen MR) is 87.3 cm³/mol. The summed E-state index contributed by atoms with van der Waals surface area (Å²) in [5, 5.41) is 2.92. The fourth-order valence-corrected chi connectivity index (χ4v) is 3.51. The van der Waals surface area contributed by atoms with Gasteiger partial charge in [-0.1, -0.05) is 30.5 Å². The zero-order valence-corrected chi connectivity index (χ0v) is 14.3. The van der Waals surface area contributed by atoms with Gasteiger partial charge in [-0.25, -0.2) is 9.18 Å². The van der Waals surface area contributed by atoms with Crippen molar-refractivity contribution in [2.45, 2.75) is 44.2 Å². The molecule has 1 heterocycles. The van der Waals surface area contributed by atoms with Crippen LogP contribution in [-0.4, -0.2) is 34.9 Å². The van der Waals surface area contributed by atoms with Crippen molar-refractivity contribution in [3.63, 3.8) is 0 Å². The van der Waals surface area contributed by atoms with Crippen molar-refractivity contribution >= 4 is 29.5 Å². The number of halogens is 2. The number of nitrogens with zero attached hydrogens (tertiary/aromatic N) is 1. The van der Waals surface area contributed by atoms with Crippen molar-refractivity contribution in [2.24, 2.45) is 0 Å². The first-order valence-electron chi connectivity index (χ1n) is 8.15. The molecule has 1 aliphatic heterocycles. The van der Waals surface area contributed by atoms with Gasteiger partial charge in [0.15, 0.2) is 0 Å². The lowest BCUT2D eigenvalue weighted by Gasteiger charge is -2.19. The highest BCUT2D eigenvalue weighted by Gasteiger charge is 2.52. The van der Waals surface area contributed by atoms with Crippen molar-refractivity contribution in [2.75, 3.05) is 6.54 Å². The molecule has 0 bridgehead atoms. The number of amides is 3. The molecule has 0 aromatic heterocycles. The number of carbonyl (C=O) groups is 3. The van der Waals surface area contributed by atoms with Crippen LogP contribution in [0.15, 0.2) is 18.2 Å². The highest BCUT2D eigenvalue weighted by Crippen LogP contribution is 2.35. The van der Waals surface area contributed by atoms with E-state index >= 15 is 0 Å². The summed E-state index contributed by atoms with van der Waals surface area (Å²) < 4.78 is 18.6. The Morgan fingerprint density at radius 2 is 2.04 bits per heavy atom. The average molecular weight is 369 g/mol. The number of hydrogen-bond donors (Lipinski definition) is 1. The first-order chi connectivity index (χ1) is 11.9. The summed E-state index contributed by atoms with van der Waals surface area (Å²) in [7, 11) is 0. The molecule has 3 rings (SSSR count). The summed E-state index contributed by atoms with van der Waals surface area (Å²) in [6.07, 6.45) is 2.90. The Morgan fingerprint density at radius 1 is 1.32 bits per heavy atom. The van der Waals surface area contributed by atoms with Crippen LogP contribution in [0, 0.1) is 5.82 Å². The molecular formula is C17H18ClFN2O4. The van der Waals surface area contributed by atoms with Gasteiger partial charge in [-0.05, 0) is 25.0 Å². The minimum Gasteiger partial charge on any atom is -0.461 e. The maximum absolute atomic E-state index is 13.6. The number of imide groups is 1. The first kappa shape index (κ1) is 17.7. The van der Waals surface area contributed by atoms with Crippen molar-refractivity contribution in [1.82, 2.24) is 10.2 Å². The molecule has 2 aliphatic rings. The van der Waals surface area contributed by atoms with Gasteiger partial charge in [0, 0.05) is 12.1 Å². The number of urea groups is 1. The molecule has 8 heteroatoms. The summed E-state index contributed by atoms with van der Waals surface area (Å²) in [4.78, 5) is 37.4. The van der Waals surface area contributed by atoms with Crippen LogP contribution in [0.5, 0.6) is 0 Å². The van der Waals surface area contributed by atoms with Gasteiger partial charge in [0.2, 0.25) is 0 Å². The highest BCUT2D eigenvalue weighted by molar-refractivity contribution is 6.31. The maximum atomic E-state index is 13.6. The van der Waals surface area contributed by atoms with Crippen molar-refractivity contribution in [3.05, 3.63) is 34.6 Å². The van der Waals surface area contributed by atoms with Crippen LogP contribution in [-0.2, 0) is 20.9 Å². The van der Waals surface area contributed by atoms with E-state index in [1.54, 1.807) is 0 Å². The molecule has 1 saturated carbocycles. The Bertz CT molecular complexity index is 698. The molecule has 0 atom stereocenters. The van der Waals surface area contributed by atoms with E-state index in [2.05, 4.69) is 5.32 Å². The van der Waals surface area contributed by atoms with E-state index in [0.717, 1.165) is 17.7 Å². The Labute approximate surface area is 149 Å². The molecular weight excluding hydrogens is 351 g/mol. The third-order valence-electron chi connectivity index (χ3n) is 4.68. The summed E-state index contributed by atoms with van der Waals surface area (Å²) in [6, 6.07) is 3.71. The van der Waals surface area contributed by atoms with Gasteiger partial charge in [0.25, 0.3) is 5.91 Å². The van der Waals surface area contributed by atoms with E-state index in [1.165, 1.54) is 18.2 Å². The van der Waals surface area contributed by atoms with Crippen LogP contribution in [0.4, 0.5) is 9.18 Å². The minimum absolute atomic E-state index is 0.0593. The maximum Gasteiger partial charge on any atom is 0.325 e. The van der Waals surface area contributed by atoms with E-state index in [-0.39, 0.29) is 36.1 Å². The lowest BCUT2D eigenvalue weighted by Crippen LogP contribution is -2.44. The summed E-state index contributed by atoms with van der Waals surface area (Å²) in [5.74, 6) is -1.47. The standard InChI is InChI=1S/C17H18ClFN2O4/c18-12-4-3-5-13(19)11(12)10-25-14(22)6-9-21-15(23)17(20-16(21)24)7-1-2-8-17/h3-5H,1-2,6-10H2,(H,20,24). The van der Waals surface area contributed by atoms with Crippen LogP contribution in [0.3, 0.4) is 0 Å². The largest absolute Gasteiger partial charge is 0.461 e. The number of rotatable bonds is 5. The van der Waals surface area contributed by atoms with Gasteiger partial charge in [0.05, 0.1) is 11.4 Å². The molecule has 1 aromatic rings. The quantitative estimate of drug-likeness (QED) is 0.640. The average Bonchev–Trinajstić information content (AvgIpc) is 3.12. The molecule has 6 nitrogen and oxygen atoms in total. The van der Waals surface area contributed by atoms with Crippen LogP contribution >= 0.6 is 11.6 Å². The topological polar surface area (TPSA) is 75.7 Å². The minimum atomic E-state index is -0.790. The second-order valence-electron chi connectivity index (χ2n) is 6.29. The normalized spacial score (nSPS) is 18.7. The van der Waals surface area contributed by atoms with Crippen LogP contribution < -0.4 is 5.32 Å². The van der Waals surface area contributed by atoms with Gasteiger partial charge in [-0.15, -0.1) is 0 Å². The summed E-state index contributed by atoms with van der Waals surface area (Å²) in [5.41, 5.74) is -0.695. The van der Waals surface area contributed by atoms with E-state index in [0.29, 0.717) is 12.8 Å². The van der Waals surface area contributed by atoms with Crippen LogP contribution in [0.2, 0.25) is 5.02 Å². The SMILES string of the molecule is O=C(CCN1C(=O)NC2(CCCC2)C1=O)OCc1c(F)cccc1Cl. The molecule has 1 aliphatic carbocycles. The molecule has 0 radical (unpaired) electrons. The van der Waals surface area contributed by atoms with Gasteiger partial charge >= 0.3 is 12.0 Å². The molecule has 1 spiro atoms. The smallest absolute Gasteiger partial charge is 0.325 e. The van der Waals surface area contributed by atoms with Crippen molar-refractivity contribution in [1.29, 1.82) is 0 Å². The number of hydrogen-bond acceptors (Lipinski definition) is 4. The lowest BCUT2D eigenvalue weighted by molar-refractivity contribution is -0.145. The summed E-state index contributed by atoms with van der Waals surface area (Å²) in [6.45, 7) is -0.356. The molecule has 3 amide bonds. The van der Waals surface area contributed by atoms with E-state index < -0.39 is 23.4 Å². The summed E-state index contributed by atoms with van der Waals surface area (Å²) >= 11 is 5.86. The second kappa shape index (κ2) is 7.00. The molecule has 134 valence electrons. The number of ether oxygens (including phenoxy) is 1. The lowest BCUT2D eigenvalue weighted by atomic mass is 9.98. The zero-order valence-electron chi connectivity index (χ0n) is 13.5. The Balaban J connectivity index is 1.52. The monoisotopic (exact) mass is 368 g/mol. The second-order valence-corrected chi connectivity index (χ2v) is 6.69. The van der Waals surface area contributed by atoms with E-state index in [1.807, 2.05) is 0 Å². The third-order valence-corrected chi connectivity index (χ3v) is 5.04. The van der Waals surface area contributed by atoms with E-state index in [9.17, 15) is 18.8 Å². The third kappa shape index (κ3) is 3.46. The highest BCUT2D eigenvalue weighted by atomic mass is 35.5. The number of esters is 1. The molecule has 25 heavy (non-hydrogen) atoms. The van der Waals surface area contributed by atoms with Crippen molar-refractivity contribution in [3.8, 4) is 0 Å². The Hall–Kier alpha value is -2.15. The zero-order chi connectivity index (χ0) is 18.0. The fourth-order valence-electron chi connectivity index (χ4n) is 3.29. The Kier molecular flexibility index (Phi) is 4.94. The van der Waals surface area contributed by atoms with Crippen LogP contribution in [0.1, 0.15) is 37.7 Å². The molecule has 2 fully saturated rings. The number of nitrogens with one attached hydrogen (secondary N) is 1. The number of benzene rings is 1. The Morgan fingerprint density at radius 3 is 2.72 bits per heavy atom. The first-order valence-corrected chi connectivity index (χ1v) is 8.53. The molecule has 1 N–H and O–H groups in total. The number of carbonyl (C=O) groups excluding carboxylic acids is 3. The fraction of sp³-hybridized carbons (Fsp3) is 0.471. The van der Waals surface area contributed by atoms with Gasteiger partial charge in [-0.2, -0.15) is 0 Å². The predicted octanol–water partition coefficient (Wildman–Crippen LogP) is 2.78. The molecule has 1 aromatic carbocycles. The van der Waals surface area contributed by atoms with Gasteiger partial charge in [-0.3, -0.25) is 14.5 Å². The van der Waals surface area contributed by atoms with Gasteiger partial charge in [0.1, 0.15) is 18.0 Å². The van der Waals surface area contributed by atoms with Crippen LogP contribution in [0.25, 0.3) is 0 Å². The molecule has 1 saturated heterocycles. The van der Waals surface area contributed by atoms with E-state index in [4.69, 9.17) is 16.3 Å². The molecule has 0 unspecified atom stereocenters. The van der Waals surface area contributed by atoms with Gasteiger partial charge < -0.3 is 10.1 Å². The van der Waals surface area contributed by atoms with Crippen molar-refractivity contribution < 1.29 is 23.5 Å².